The third-order valence-electron chi connectivity index (χ3n) is 4.02. The van der Waals surface area contributed by atoms with E-state index in [1.807, 2.05) is 12.1 Å². The van der Waals surface area contributed by atoms with Crippen molar-refractivity contribution in [2.75, 3.05) is 23.7 Å². The van der Waals surface area contributed by atoms with Crippen LogP contribution in [0.1, 0.15) is 33.0 Å². The van der Waals surface area contributed by atoms with E-state index in [9.17, 15) is 0 Å². The van der Waals surface area contributed by atoms with E-state index < -0.39 is 0 Å². The molecule has 1 fully saturated rings. The summed E-state index contributed by atoms with van der Waals surface area (Å²) in [6, 6.07) is 3.93. The summed E-state index contributed by atoms with van der Waals surface area (Å²) in [5, 5.41) is 9.86. The first-order valence-electron chi connectivity index (χ1n) is 8.00. The fraction of sp³-hybridized carbons (Fsp3) is 0.625. The average molecular weight is 320 g/mol. The fourth-order valence-electron chi connectivity index (χ4n) is 3.27. The maximum absolute atomic E-state index is 5.52. The second-order valence-corrected chi connectivity index (χ2v) is 7.46. The Bertz CT molecular complexity index is 585. The van der Waals surface area contributed by atoms with Gasteiger partial charge in [-0.1, -0.05) is 32.5 Å². The molecule has 2 aromatic heterocycles. The standard InChI is InChI=1S/C16H24N4OS/c1-4-22-16-18-17-15(19-9-12(2)8-13(3)10-19)20(16)11-14-6-5-7-21-14/h5-7,12-13H,4,8-11H2,1-3H3/t12-,13+. The molecule has 0 N–H and O–H groups in total. The topological polar surface area (TPSA) is 47.1 Å². The molecule has 120 valence electrons. The lowest BCUT2D eigenvalue weighted by molar-refractivity contribution is 0.350. The molecule has 0 aliphatic carbocycles. The highest BCUT2D eigenvalue weighted by Crippen LogP contribution is 2.28. The number of aromatic nitrogens is 3. The molecule has 6 heteroatoms. The third-order valence-corrected chi connectivity index (χ3v) is 4.87. The van der Waals surface area contributed by atoms with Crippen LogP contribution in [0, 0.1) is 11.8 Å². The van der Waals surface area contributed by atoms with Crippen LogP contribution in [0.3, 0.4) is 0 Å². The van der Waals surface area contributed by atoms with E-state index in [1.54, 1.807) is 18.0 Å². The van der Waals surface area contributed by atoms with Crippen molar-refractivity contribution in [3.63, 3.8) is 0 Å². The molecular formula is C16H24N4OS. The van der Waals surface area contributed by atoms with Crippen LogP contribution in [0.15, 0.2) is 28.0 Å². The van der Waals surface area contributed by atoms with Gasteiger partial charge in [-0.3, -0.25) is 4.57 Å². The predicted molar refractivity (Wildman–Crippen MR) is 89.4 cm³/mol. The van der Waals surface area contributed by atoms with Gasteiger partial charge in [0.05, 0.1) is 12.8 Å². The zero-order valence-corrected chi connectivity index (χ0v) is 14.3. The Morgan fingerprint density at radius 3 is 2.68 bits per heavy atom. The first-order chi connectivity index (χ1) is 10.7. The number of nitrogens with zero attached hydrogens (tertiary/aromatic N) is 4. The van der Waals surface area contributed by atoms with Gasteiger partial charge in [0, 0.05) is 13.1 Å². The van der Waals surface area contributed by atoms with Crippen molar-refractivity contribution in [3.8, 4) is 0 Å². The van der Waals surface area contributed by atoms with Gasteiger partial charge in [-0.05, 0) is 36.1 Å². The fourth-order valence-corrected chi connectivity index (χ4v) is 3.93. The van der Waals surface area contributed by atoms with Crippen LogP contribution < -0.4 is 4.90 Å². The molecule has 22 heavy (non-hydrogen) atoms. The van der Waals surface area contributed by atoms with Gasteiger partial charge < -0.3 is 9.32 Å². The molecule has 0 amide bonds. The smallest absolute Gasteiger partial charge is 0.228 e. The van der Waals surface area contributed by atoms with E-state index in [4.69, 9.17) is 4.42 Å². The average Bonchev–Trinajstić information content (AvgIpc) is 3.10. The van der Waals surface area contributed by atoms with Gasteiger partial charge >= 0.3 is 0 Å². The third kappa shape index (κ3) is 3.32. The molecule has 0 aromatic carbocycles. The van der Waals surface area contributed by atoms with Gasteiger partial charge in [-0.2, -0.15) is 0 Å². The molecular weight excluding hydrogens is 296 g/mol. The molecule has 2 atom stereocenters. The van der Waals surface area contributed by atoms with Crippen molar-refractivity contribution < 1.29 is 4.42 Å². The minimum atomic E-state index is 0.691. The molecule has 0 saturated carbocycles. The van der Waals surface area contributed by atoms with E-state index in [-0.39, 0.29) is 0 Å². The molecule has 3 rings (SSSR count). The zero-order valence-electron chi connectivity index (χ0n) is 13.5. The quantitative estimate of drug-likeness (QED) is 0.789. The van der Waals surface area contributed by atoms with Crippen LogP contribution in [0.5, 0.6) is 0 Å². The number of rotatable bonds is 5. The number of hydrogen-bond donors (Lipinski definition) is 0. The lowest BCUT2D eigenvalue weighted by Crippen LogP contribution is -2.40. The number of anilines is 1. The first-order valence-corrected chi connectivity index (χ1v) is 8.99. The monoisotopic (exact) mass is 320 g/mol. The van der Waals surface area contributed by atoms with E-state index in [2.05, 4.69) is 40.4 Å². The van der Waals surface area contributed by atoms with Gasteiger partial charge in [0.15, 0.2) is 5.16 Å². The second-order valence-electron chi connectivity index (χ2n) is 6.23. The van der Waals surface area contributed by atoms with Crippen LogP contribution in [-0.2, 0) is 6.54 Å². The molecule has 1 aliphatic rings. The molecule has 5 nitrogen and oxygen atoms in total. The molecule has 0 bridgehead atoms. The maximum atomic E-state index is 5.52. The van der Waals surface area contributed by atoms with Gasteiger partial charge in [-0.25, -0.2) is 0 Å². The van der Waals surface area contributed by atoms with Crippen LogP contribution in [0.4, 0.5) is 5.95 Å². The Hall–Kier alpha value is -1.43. The van der Waals surface area contributed by atoms with Gasteiger partial charge in [0.25, 0.3) is 0 Å². The Morgan fingerprint density at radius 2 is 2.05 bits per heavy atom. The van der Waals surface area contributed by atoms with Gasteiger partial charge in [0.1, 0.15) is 5.76 Å². The highest BCUT2D eigenvalue weighted by molar-refractivity contribution is 7.99. The summed E-state index contributed by atoms with van der Waals surface area (Å²) in [7, 11) is 0. The van der Waals surface area contributed by atoms with E-state index in [0.29, 0.717) is 18.4 Å². The minimum Gasteiger partial charge on any atom is -0.467 e. The summed E-state index contributed by atoms with van der Waals surface area (Å²) in [6.07, 6.45) is 3.01. The Labute approximate surface area is 136 Å². The van der Waals surface area contributed by atoms with Crippen LogP contribution in [-0.4, -0.2) is 33.6 Å². The number of hydrogen-bond acceptors (Lipinski definition) is 5. The highest BCUT2D eigenvalue weighted by atomic mass is 32.2. The van der Waals surface area contributed by atoms with Crippen molar-refractivity contribution in [1.82, 2.24) is 14.8 Å². The summed E-state index contributed by atoms with van der Waals surface area (Å²) in [6.45, 7) is 9.57. The van der Waals surface area contributed by atoms with Crippen molar-refractivity contribution >= 4 is 17.7 Å². The van der Waals surface area contributed by atoms with E-state index >= 15 is 0 Å². The first kappa shape index (κ1) is 15.5. The lowest BCUT2D eigenvalue weighted by Gasteiger charge is -2.35. The Morgan fingerprint density at radius 1 is 1.27 bits per heavy atom. The Balaban J connectivity index is 1.89. The molecule has 0 spiro atoms. The number of furan rings is 1. The summed E-state index contributed by atoms with van der Waals surface area (Å²) in [5.74, 6) is 4.30. The van der Waals surface area contributed by atoms with E-state index in [0.717, 1.165) is 35.7 Å². The van der Waals surface area contributed by atoms with Gasteiger partial charge in [-0.15, -0.1) is 10.2 Å². The van der Waals surface area contributed by atoms with Crippen molar-refractivity contribution in [1.29, 1.82) is 0 Å². The molecule has 0 radical (unpaired) electrons. The summed E-state index contributed by atoms with van der Waals surface area (Å²) < 4.78 is 7.71. The zero-order chi connectivity index (χ0) is 15.5. The van der Waals surface area contributed by atoms with Crippen LogP contribution >= 0.6 is 11.8 Å². The van der Waals surface area contributed by atoms with Crippen molar-refractivity contribution in [2.45, 2.75) is 38.9 Å². The molecule has 3 heterocycles. The molecule has 1 aliphatic heterocycles. The SMILES string of the molecule is CCSc1nnc(N2C[C@H](C)C[C@H](C)C2)n1Cc1ccco1. The largest absolute Gasteiger partial charge is 0.467 e. The lowest BCUT2D eigenvalue weighted by atomic mass is 9.92. The van der Waals surface area contributed by atoms with Crippen LogP contribution in [0.2, 0.25) is 0 Å². The summed E-state index contributed by atoms with van der Waals surface area (Å²) in [4.78, 5) is 2.38. The van der Waals surface area contributed by atoms with E-state index in [1.165, 1.54) is 6.42 Å². The highest BCUT2D eigenvalue weighted by Gasteiger charge is 2.26. The molecule has 2 aromatic rings. The second kappa shape index (κ2) is 6.77. The van der Waals surface area contributed by atoms with Gasteiger partial charge in [0.2, 0.25) is 5.95 Å². The van der Waals surface area contributed by atoms with Crippen molar-refractivity contribution in [3.05, 3.63) is 24.2 Å². The van der Waals surface area contributed by atoms with Crippen LogP contribution in [0.25, 0.3) is 0 Å². The molecule has 1 saturated heterocycles. The number of piperidine rings is 1. The number of thioether (sulfide) groups is 1. The minimum absolute atomic E-state index is 0.691. The maximum Gasteiger partial charge on any atom is 0.228 e. The summed E-state index contributed by atoms with van der Waals surface area (Å²) in [5.41, 5.74) is 0. The normalized spacial score (nSPS) is 22.2. The predicted octanol–water partition coefficient (Wildman–Crippen LogP) is 3.51. The summed E-state index contributed by atoms with van der Waals surface area (Å²) >= 11 is 1.73. The molecule has 0 unspecified atom stereocenters. The van der Waals surface area contributed by atoms with Crippen molar-refractivity contribution in [2.24, 2.45) is 11.8 Å². The Kier molecular flexibility index (Phi) is 4.76.